The van der Waals surface area contributed by atoms with Crippen molar-refractivity contribution in [3.63, 3.8) is 0 Å². The van der Waals surface area contributed by atoms with E-state index in [2.05, 4.69) is 32.7 Å². The zero-order valence-corrected chi connectivity index (χ0v) is 14.4. The molecule has 1 rings (SSSR count). The van der Waals surface area contributed by atoms with Gasteiger partial charge >= 0.3 is 0 Å². The van der Waals surface area contributed by atoms with Crippen molar-refractivity contribution in [3.8, 4) is 11.5 Å². The van der Waals surface area contributed by atoms with Gasteiger partial charge in [0.25, 0.3) is 0 Å². The van der Waals surface area contributed by atoms with Crippen LogP contribution in [0.5, 0.6) is 11.5 Å². The zero-order chi connectivity index (χ0) is 16.0. The van der Waals surface area contributed by atoms with Gasteiger partial charge in [0.1, 0.15) is 0 Å². The molecular weight excluding hydrogens is 286 g/mol. The van der Waals surface area contributed by atoms with Crippen LogP contribution in [-0.4, -0.2) is 19.3 Å². The van der Waals surface area contributed by atoms with Gasteiger partial charge in [-0.2, -0.15) is 0 Å². The van der Waals surface area contributed by atoms with Gasteiger partial charge in [0.2, 0.25) is 0 Å². The summed E-state index contributed by atoms with van der Waals surface area (Å²) in [6.45, 7) is 13.5. The Morgan fingerprint density at radius 3 is 2.52 bits per heavy atom. The number of rotatable bonds is 7. The van der Waals surface area contributed by atoms with Crippen LogP contribution in [0.2, 0.25) is 5.02 Å². The van der Waals surface area contributed by atoms with Crippen molar-refractivity contribution in [2.45, 2.75) is 46.2 Å². The molecule has 118 valence electrons. The van der Waals surface area contributed by atoms with Crippen molar-refractivity contribution in [3.05, 3.63) is 34.9 Å². The average Bonchev–Trinajstić information content (AvgIpc) is 2.36. The lowest BCUT2D eigenvalue weighted by Crippen LogP contribution is -2.35. The lowest BCUT2D eigenvalue weighted by Gasteiger charge is -2.22. The van der Waals surface area contributed by atoms with Crippen molar-refractivity contribution < 1.29 is 9.47 Å². The lowest BCUT2D eigenvalue weighted by atomic mass is 10.1. The Balaban J connectivity index is 2.96. The summed E-state index contributed by atoms with van der Waals surface area (Å²) in [5, 5.41) is 4.09. The van der Waals surface area contributed by atoms with Gasteiger partial charge in [-0.15, -0.1) is 6.58 Å². The van der Waals surface area contributed by atoms with E-state index in [0.29, 0.717) is 23.9 Å². The van der Waals surface area contributed by atoms with Gasteiger partial charge in [-0.1, -0.05) is 17.2 Å². The highest BCUT2D eigenvalue weighted by Crippen LogP contribution is 2.35. The van der Waals surface area contributed by atoms with Gasteiger partial charge in [0.15, 0.2) is 11.5 Å². The quantitative estimate of drug-likeness (QED) is 0.748. The van der Waals surface area contributed by atoms with E-state index in [1.54, 1.807) is 13.2 Å². The van der Waals surface area contributed by atoms with Crippen LogP contribution in [0.1, 0.15) is 39.7 Å². The largest absolute Gasteiger partial charge is 0.493 e. The molecule has 1 N–H and O–H groups in total. The number of nitrogens with one attached hydrogen (secondary N) is 1. The molecule has 1 aromatic carbocycles. The molecule has 0 unspecified atom stereocenters. The minimum absolute atomic E-state index is 0.0184. The van der Waals surface area contributed by atoms with Gasteiger partial charge < -0.3 is 14.8 Å². The van der Waals surface area contributed by atoms with Gasteiger partial charge in [0, 0.05) is 35.2 Å². The molecule has 0 aliphatic heterocycles. The van der Waals surface area contributed by atoms with Gasteiger partial charge in [-0.25, -0.2) is 0 Å². The Morgan fingerprint density at radius 2 is 2.00 bits per heavy atom. The van der Waals surface area contributed by atoms with Crippen LogP contribution in [0.3, 0.4) is 0 Å². The zero-order valence-electron chi connectivity index (χ0n) is 13.7. The van der Waals surface area contributed by atoms with Crippen LogP contribution in [0.25, 0.3) is 0 Å². The van der Waals surface area contributed by atoms with E-state index in [4.69, 9.17) is 21.1 Å². The Labute approximate surface area is 133 Å². The number of methoxy groups -OCH3 is 1. The molecule has 0 atom stereocenters. The van der Waals surface area contributed by atoms with Crippen LogP contribution < -0.4 is 14.8 Å². The van der Waals surface area contributed by atoms with Crippen molar-refractivity contribution >= 4 is 11.6 Å². The highest BCUT2D eigenvalue weighted by atomic mass is 35.5. The van der Waals surface area contributed by atoms with Gasteiger partial charge in [-0.05, 0) is 33.8 Å². The van der Waals surface area contributed by atoms with Crippen molar-refractivity contribution in [2.24, 2.45) is 0 Å². The number of hydrogen-bond acceptors (Lipinski definition) is 3. The standard InChI is InChI=1S/C17H26ClNO2/c1-12(2)7-8-21-16-13(11-19-17(3,4)5)9-14(18)10-15(16)20-6/h9-10,19H,1,7-8,11H2,2-6H3. The van der Waals surface area contributed by atoms with Gasteiger partial charge in [-0.3, -0.25) is 0 Å². The Bertz CT molecular complexity index is 492. The maximum absolute atomic E-state index is 6.16. The fraction of sp³-hybridized carbons (Fsp3) is 0.529. The summed E-state index contributed by atoms with van der Waals surface area (Å²) in [5.74, 6) is 1.41. The normalized spacial score (nSPS) is 11.3. The fourth-order valence-electron chi connectivity index (χ4n) is 1.76. The first-order chi connectivity index (χ1) is 9.73. The molecule has 0 aliphatic carbocycles. The summed E-state index contributed by atoms with van der Waals surface area (Å²) in [6, 6.07) is 3.69. The molecule has 0 radical (unpaired) electrons. The Morgan fingerprint density at radius 1 is 1.33 bits per heavy atom. The van der Waals surface area contributed by atoms with Crippen molar-refractivity contribution in [2.75, 3.05) is 13.7 Å². The Hall–Kier alpha value is -1.19. The molecule has 0 aromatic heterocycles. The van der Waals surface area contributed by atoms with Gasteiger partial charge in [0.05, 0.1) is 13.7 Å². The minimum atomic E-state index is 0.0184. The summed E-state index contributed by atoms with van der Waals surface area (Å²) in [7, 11) is 1.62. The first-order valence-electron chi connectivity index (χ1n) is 7.11. The number of hydrogen-bond donors (Lipinski definition) is 1. The second kappa shape index (κ2) is 7.71. The minimum Gasteiger partial charge on any atom is -0.493 e. The second-order valence-electron chi connectivity index (χ2n) is 6.26. The summed E-state index contributed by atoms with van der Waals surface area (Å²) >= 11 is 6.16. The smallest absolute Gasteiger partial charge is 0.165 e. The van der Waals surface area contributed by atoms with E-state index >= 15 is 0 Å². The molecule has 0 amide bonds. The highest BCUT2D eigenvalue weighted by Gasteiger charge is 2.16. The summed E-state index contributed by atoms with van der Waals surface area (Å²) < 4.78 is 11.3. The molecule has 3 nitrogen and oxygen atoms in total. The van der Waals surface area contributed by atoms with E-state index < -0.39 is 0 Å². The predicted octanol–water partition coefficient (Wildman–Crippen LogP) is 4.58. The van der Waals surface area contributed by atoms with E-state index in [-0.39, 0.29) is 5.54 Å². The molecule has 0 fully saturated rings. The molecule has 0 bridgehead atoms. The third-order valence-corrected chi connectivity index (χ3v) is 3.12. The van der Waals surface area contributed by atoms with E-state index in [1.165, 1.54) is 0 Å². The van der Waals surface area contributed by atoms with Crippen LogP contribution >= 0.6 is 11.6 Å². The molecule has 0 aliphatic rings. The monoisotopic (exact) mass is 311 g/mol. The number of halogens is 1. The summed E-state index contributed by atoms with van der Waals surface area (Å²) in [5.41, 5.74) is 2.11. The summed E-state index contributed by atoms with van der Waals surface area (Å²) in [6.07, 6.45) is 0.817. The van der Waals surface area contributed by atoms with Crippen molar-refractivity contribution in [1.82, 2.24) is 5.32 Å². The average molecular weight is 312 g/mol. The van der Waals surface area contributed by atoms with Crippen molar-refractivity contribution in [1.29, 1.82) is 0 Å². The maximum Gasteiger partial charge on any atom is 0.165 e. The Kier molecular flexibility index (Phi) is 6.56. The first-order valence-corrected chi connectivity index (χ1v) is 7.49. The number of ether oxygens (including phenoxy) is 2. The molecule has 1 aromatic rings. The third-order valence-electron chi connectivity index (χ3n) is 2.90. The number of benzene rings is 1. The molecule has 4 heteroatoms. The second-order valence-corrected chi connectivity index (χ2v) is 6.69. The summed E-state index contributed by atoms with van der Waals surface area (Å²) in [4.78, 5) is 0. The van der Waals surface area contributed by atoms with E-state index in [0.717, 1.165) is 23.3 Å². The predicted molar refractivity (Wildman–Crippen MR) is 89.5 cm³/mol. The molecular formula is C17H26ClNO2. The van der Waals surface area contributed by atoms with Crippen LogP contribution in [0, 0.1) is 0 Å². The molecule has 0 spiro atoms. The molecule has 0 heterocycles. The fourth-order valence-corrected chi connectivity index (χ4v) is 1.99. The molecule has 21 heavy (non-hydrogen) atoms. The van der Waals surface area contributed by atoms with E-state index in [1.807, 2.05) is 13.0 Å². The maximum atomic E-state index is 6.16. The molecule has 0 saturated heterocycles. The van der Waals surface area contributed by atoms with Crippen LogP contribution in [0.4, 0.5) is 0 Å². The van der Waals surface area contributed by atoms with Crippen LogP contribution in [0.15, 0.2) is 24.3 Å². The first kappa shape index (κ1) is 17.9. The third kappa shape index (κ3) is 6.40. The lowest BCUT2D eigenvalue weighted by molar-refractivity contribution is 0.292. The molecule has 0 saturated carbocycles. The highest BCUT2D eigenvalue weighted by molar-refractivity contribution is 6.30. The topological polar surface area (TPSA) is 30.5 Å². The van der Waals surface area contributed by atoms with Crippen LogP contribution in [-0.2, 0) is 6.54 Å². The SMILES string of the molecule is C=C(C)CCOc1c(CNC(C)(C)C)cc(Cl)cc1OC. The van der Waals surface area contributed by atoms with E-state index in [9.17, 15) is 0 Å².